The molecule has 1 saturated heterocycles. The highest BCUT2D eigenvalue weighted by Gasteiger charge is 2.35. The van der Waals surface area contributed by atoms with E-state index in [0.29, 0.717) is 17.9 Å². The van der Waals surface area contributed by atoms with Crippen LogP contribution < -0.4 is 4.74 Å². The van der Waals surface area contributed by atoms with Crippen molar-refractivity contribution in [1.82, 2.24) is 4.90 Å². The number of benzene rings is 2. The van der Waals surface area contributed by atoms with Crippen molar-refractivity contribution in [2.75, 3.05) is 6.61 Å². The summed E-state index contributed by atoms with van der Waals surface area (Å²) in [5.41, 5.74) is 0.629. The number of amides is 2. The van der Waals surface area contributed by atoms with E-state index >= 15 is 0 Å². The first kappa shape index (κ1) is 18.0. The van der Waals surface area contributed by atoms with Crippen LogP contribution in [0.2, 0.25) is 0 Å². The lowest BCUT2D eigenvalue weighted by Crippen LogP contribution is -2.27. The van der Waals surface area contributed by atoms with Gasteiger partial charge in [-0.2, -0.15) is 0 Å². The summed E-state index contributed by atoms with van der Waals surface area (Å²) in [6, 6.07) is 10.6. The molecule has 2 aromatic rings. The monoisotopic (exact) mass is 373 g/mol. The molecule has 1 aliphatic rings. The van der Waals surface area contributed by atoms with Gasteiger partial charge >= 0.3 is 0 Å². The molecule has 5 nitrogen and oxygen atoms in total. The fourth-order valence-corrected chi connectivity index (χ4v) is 3.31. The average Bonchev–Trinajstić information content (AvgIpc) is 2.87. The summed E-state index contributed by atoms with van der Waals surface area (Å²) in [7, 11) is 0. The van der Waals surface area contributed by atoms with Crippen LogP contribution in [0.25, 0.3) is 6.08 Å². The van der Waals surface area contributed by atoms with Gasteiger partial charge in [0.25, 0.3) is 11.1 Å². The lowest BCUT2D eigenvalue weighted by molar-refractivity contribution is -0.123. The number of nitrogens with zero attached hydrogens (tertiary/aromatic N) is 1. The fourth-order valence-electron chi connectivity index (χ4n) is 2.48. The van der Waals surface area contributed by atoms with Gasteiger partial charge in [0.2, 0.25) is 0 Å². The van der Waals surface area contributed by atoms with Gasteiger partial charge in [-0.25, -0.2) is 4.39 Å². The van der Waals surface area contributed by atoms with E-state index in [-0.39, 0.29) is 22.8 Å². The quantitative estimate of drug-likeness (QED) is 0.797. The molecule has 26 heavy (non-hydrogen) atoms. The number of imide groups is 1. The number of thioether (sulfide) groups is 1. The average molecular weight is 373 g/mol. The minimum atomic E-state index is -0.524. The first-order chi connectivity index (χ1) is 12.5. The van der Waals surface area contributed by atoms with Gasteiger partial charge in [-0.1, -0.05) is 18.2 Å². The zero-order valence-electron chi connectivity index (χ0n) is 13.9. The molecule has 0 spiro atoms. The third kappa shape index (κ3) is 3.72. The van der Waals surface area contributed by atoms with E-state index in [4.69, 9.17) is 4.74 Å². The van der Waals surface area contributed by atoms with E-state index in [2.05, 4.69) is 0 Å². The van der Waals surface area contributed by atoms with Crippen LogP contribution in [-0.2, 0) is 11.3 Å². The van der Waals surface area contributed by atoms with Gasteiger partial charge in [0, 0.05) is 11.1 Å². The molecule has 134 valence electrons. The summed E-state index contributed by atoms with van der Waals surface area (Å²) in [4.78, 5) is 25.9. The number of halogens is 1. The van der Waals surface area contributed by atoms with Crippen LogP contribution in [0.3, 0.4) is 0 Å². The highest BCUT2D eigenvalue weighted by Crippen LogP contribution is 2.35. The minimum Gasteiger partial charge on any atom is -0.507 e. The number of ether oxygens (including phenoxy) is 1. The van der Waals surface area contributed by atoms with Crippen molar-refractivity contribution in [3.8, 4) is 11.5 Å². The van der Waals surface area contributed by atoms with Crippen LogP contribution in [0, 0.1) is 5.82 Å². The highest BCUT2D eigenvalue weighted by atomic mass is 32.2. The SMILES string of the molecule is CCOc1ccc(O)c(/C=C2\SC(=O)N(Cc3ccccc3F)C2=O)c1. The topological polar surface area (TPSA) is 66.8 Å². The van der Waals surface area contributed by atoms with E-state index in [9.17, 15) is 19.1 Å². The van der Waals surface area contributed by atoms with E-state index in [0.717, 1.165) is 16.7 Å². The van der Waals surface area contributed by atoms with E-state index in [1.165, 1.54) is 24.3 Å². The van der Waals surface area contributed by atoms with Crippen LogP contribution in [-0.4, -0.2) is 27.8 Å². The molecule has 3 rings (SSSR count). The maximum Gasteiger partial charge on any atom is 0.293 e. The number of carbonyl (C=O) groups is 2. The second kappa shape index (κ2) is 7.61. The maximum absolute atomic E-state index is 13.8. The van der Waals surface area contributed by atoms with Crippen molar-refractivity contribution in [2.45, 2.75) is 13.5 Å². The molecule has 1 aliphatic heterocycles. The van der Waals surface area contributed by atoms with Crippen molar-refractivity contribution < 1.29 is 23.8 Å². The molecule has 0 saturated carbocycles. The van der Waals surface area contributed by atoms with Gasteiger partial charge in [-0.3, -0.25) is 14.5 Å². The minimum absolute atomic E-state index is 0.0330. The predicted octanol–water partition coefficient (Wildman–Crippen LogP) is 4.17. The van der Waals surface area contributed by atoms with E-state index in [1.807, 2.05) is 6.92 Å². The molecule has 0 unspecified atom stereocenters. The van der Waals surface area contributed by atoms with Crippen LogP contribution in [0.1, 0.15) is 18.1 Å². The maximum atomic E-state index is 13.8. The second-order valence-corrected chi connectivity index (χ2v) is 6.51. The molecule has 1 N–H and O–H groups in total. The van der Waals surface area contributed by atoms with E-state index < -0.39 is 17.0 Å². The third-order valence-electron chi connectivity index (χ3n) is 3.76. The smallest absolute Gasteiger partial charge is 0.293 e. The molecule has 1 fully saturated rings. The Morgan fingerprint density at radius 1 is 1.23 bits per heavy atom. The van der Waals surface area contributed by atoms with Gasteiger partial charge in [0.1, 0.15) is 17.3 Å². The Bertz CT molecular complexity index is 897. The number of carbonyl (C=O) groups excluding carboxylic acids is 2. The third-order valence-corrected chi connectivity index (χ3v) is 4.66. The van der Waals surface area contributed by atoms with Crippen molar-refractivity contribution >= 4 is 29.0 Å². The van der Waals surface area contributed by atoms with Crippen molar-refractivity contribution in [1.29, 1.82) is 0 Å². The van der Waals surface area contributed by atoms with Crippen molar-refractivity contribution in [2.24, 2.45) is 0 Å². The summed E-state index contributed by atoms with van der Waals surface area (Å²) in [6.45, 7) is 2.16. The zero-order valence-corrected chi connectivity index (χ0v) is 14.8. The van der Waals surface area contributed by atoms with Gasteiger partial charge in [0.05, 0.1) is 18.1 Å². The molecule has 2 aromatic carbocycles. The molecular formula is C19H16FNO4S. The summed E-state index contributed by atoms with van der Waals surface area (Å²) >= 11 is 0.754. The Kier molecular flexibility index (Phi) is 5.27. The van der Waals surface area contributed by atoms with E-state index in [1.54, 1.807) is 24.3 Å². The van der Waals surface area contributed by atoms with Gasteiger partial charge < -0.3 is 9.84 Å². The van der Waals surface area contributed by atoms with Crippen molar-refractivity contribution in [3.63, 3.8) is 0 Å². The lowest BCUT2D eigenvalue weighted by Gasteiger charge is -2.12. The van der Waals surface area contributed by atoms with Gasteiger partial charge in [-0.05, 0) is 49.0 Å². The number of hydrogen-bond acceptors (Lipinski definition) is 5. The van der Waals surface area contributed by atoms with Gasteiger partial charge in [-0.15, -0.1) is 0 Å². The molecule has 0 bridgehead atoms. The fraction of sp³-hybridized carbons (Fsp3) is 0.158. The molecule has 2 amide bonds. The van der Waals surface area contributed by atoms with Crippen LogP contribution in [0.5, 0.6) is 11.5 Å². The van der Waals surface area contributed by atoms with Crippen LogP contribution in [0.4, 0.5) is 9.18 Å². The largest absolute Gasteiger partial charge is 0.507 e. The molecular weight excluding hydrogens is 357 g/mol. The Hall–Kier alpha value is -2.80. The zero-order chi connectivity index (χ0) is 18.7. The van der Waals surface area contributed by atoms with Crippen LogP contribution in [0.15, 0.2) is 47.4 Å². The molecule has 0 atom stereocenters. The Morgan fingerprint density at radius 2 is 2.00 bits per heavy atom. The number of phenols is 1. The molecule has 0 radical (unpaired) electrons. The Morgan fingerprint density at radius 3 is 2.73 bits per heavy atom. The second-order valence-electron chi connectivity index (χ2n) is 5.51. The van der Waals surface area contributed by atoms with Crippen LogP contribution >= 0.6 is 11.8 Å². The van der Waals surface area contributed by atoms with Crippen molar-refractivity contribution in [3.05, 3.63) is 64.3 Å². The Labute approximate surface area is 154 Å². The number of phenolic OH excluding ortho intramolecular Hbond substituents is 1. The molecule has 0 aliphatic carbocycles. The normalized spacial score (nSPS) is 15.8. The summed E-state index contributed by atoms with van der Waals surface area (Å²) in [6.07, 6.45) is 1.43. The standard InChI is InChI=1S/C19H16FNO4S/c1-2-25-14-7-8-16(22)13(9-14)10-17-18(23)21(19(24)26-17)11-12-5-3-4-6-15(12)20/h3-10,22H,2,11H2,1H3/b17-10-. The summed E-state index contributed by atoms with van der Waals surface area (Å²) in [5.74, 6) is -0.487. The number of hydrogen-bond donors (Lipinski definition) is 1. The highest BCUT2D eigenvalue weighted by molar-refractivity contribution is 8.18. The molecule has 1 heterocycles. The summed E-state index contributed by atoms with van der Waals surface area (Å²) < 4.78 is 19.2. The predicted molar refractivity (Wildman–Crippen MR) is 97.2 cm³/mol. The number of aromatic hydroxyl groups is 1. The number of rotatable bonds is 5. The first-order valence-corrected chi connectivity index (χ1v) is 8.76. The summed E-state index contributed by atoms with van der Waals surface area (Å²) in [5, 5.41) is 9.50. The lowest BCUT2D eigenvalue weighted by atomic mass is 10.1. The molecule has 0 aromatic heterocycles. The Balaban J connectivity index is 1.86. The molecule has 7 heteroatoms. The van der Waals surface area contributed by atoms with Gasteiger partial charge in [0.15, 0.2) is 0 Å². The first-order valence-electron chi connectivity index (χ1n) is 7.94.